The Bertz CT molecular complexity index is 735. The molecule has 1 aromatic carbocycles. The molecule has 2 fully saturated rings. The highest BCUT2D eigenvalue weighted by Crippen LogP contribution is 2.16. The van der Waals surface area contributed by atoms with Crippen LogP contribution < -0.4 is 0 Å². The summed E-state index contributed by atoms with van der Waals surface area (Å²) in [6.45, 7) is 7.25. The van der Waals surface area contributed by atoms with E-state index in [1.807, 2.05) is 29.2 Å². The van der Waals surface area contributed by atoms with Gasteiger partial charge in [-0.25, -0.2) is 8.42 Å². The van der Waals surface area contributed by atoms with Crippen LogP contribution in [0.3, 0.4) is 0 Å². The Morgan fingerprint density at radius 2 is 1.57 bits per heavy atom. The molecule has 1 amide bonds. The summed E-state index contributed by atoms with van der Waals surface area (Å²) >= 11 is 0. The molecule has 2 heterocycles. The first-order valence-electron chi connectivity index (χ1n) is 10.6. The molecule has 7 heteroatoms. The molecular formula is C21H33N3O3S. The summed E-state index contributed by atoms with van der Waals surface area (Å²) in [5.41, 5.74) is 1.92. The fraction of sp³-hybridized carbons (Fsp3) is 0.667. The van der Waals surface area contributed by atoms with Crippen LogP contribution in [0.2, 0.25) is 0 Å². The molecule has 2 saturated heterocycles. The minimum Gasteiger partial charge on any atom is -0.339 e. The van der Waals surface area contributed by atoms with Gasteiger partial charge in [0, 0.05) is 51.4 Å². The number of carbonyl (C=O) groups excluding carboxylic acids is 1. The lowest BCUT2D eigenvalue weighted by Crippen LogP contribution is -2.48. The molecule has 0 saturated carbocycles. The van der Waals surface area contributed by atoms with Gasteiger partial charge < -0.3 is 4.90 Å². The molecule has 1 aromatic rings. The summed E-state index contributed by atoms with van der Waals surface area (Å²) < 4.78 is 26.5. The summed E-state index contributed by atoms with van der Waals surface area (Å²) in [7, 11) is -3.11. The second-order valence-corrected chi connectivity index (χ2v) is 9.98. The third-order valence-electron chi connectivity index (χ3n) is 5.73. The van der Waals surface area contributed by atoms with E-state index in [2.05, 4.69) is 11.8 Å². The maximum atomic E-state index is 12.4. The number of carbonyl (C=O) groups is 1. The quantitative estimate of drug-likeness (QED) is 0.622. The van der Waals surface area contributed by atoms with Crippen LogP contribution in [0.25, 0.3) is 0 Å². The Labute approximate surface area is 169 Å². The third kappa shape index (κ3) is 5.55. The molecule has 156 valence electrons. The van der Waals surface area contributed by atoms with Gasteiger partial charge in [-0.15, -0.1) is 0 Å². The first-order valence-corrected chi connectivity index (χ1v) is 12.2. The van der Waals surface area contributed by atoms with Crippen LogP contribution in [-0.2, 0) is 16.6 Å². The largest absolute Gasteiger partial charge is 0.339 e. The van der Waals surface area contributed by atoms with Gasteiger partial charge in [0.15, 0.2) is 0 Å². The zero-order chi connectivity index (χ0) is 20.0. The van der Waals surface area contributed by atoms with Gasteiger partial charge in [-0.3, -0.25) is 9.69 Å². The van der Waals surface area contributed by atoms with Crippen molar-refractivity contribution in [1.29, 1.82) is 0 Å². The molecule has 3 rings (SSSR count). The predicted octanol–water partition coefficient (Wildman–Crippen LogP) is 2.56. The first-order chi connectivity index (χ1) is 13.5. The minimum absolute atomic E-state index is 0.131. The average molecular weight is 408 g/mol. The van der Waals surface area contributed by atoms with E-state index >= 15 is 0 Å². The lowest BCUT2D eigenvalue weighted by molar-refractivity contribution is 0.0793. The molecule has 0 aromatic heterocycles. The zero-order valence-electron chi connectivity index (χ0n) is 17.0. The van der Waals surface area contributed by atoms with E-state index in [1.54, 1.807) is 4.31 Å². The van der Waals surface area contributed by atoms with Gasteiger partial charge in [0.2, 0.25) is 10.0 Å². The number of benzene rings is 1. The van der Waals surface area contributed by atoms with Gasteiger partial charge in [0.05, 0.1) is 5.75 Å². The fourth-order valence-electron chi connectivity index (χ4n) is 3.94. The molecule has 0 bridgehead atoms. The molecule has 0 aliphatic carbocycles. The van der Waals surface area contributed by atoms with E-state index in [0.29, 0.717) is 13.1 Å². The van der Waals surface area contributed by atoms with Crippen LogP contribution in [-0.4, -0.2) is 73.5 Å². The van der Waals surface area contributed by atoms with Crippen molar-refractivity contribution in [2.45, 2.75) is 45.6 Å². The van der Waals surface area contributed by atoms with Gasteiger partial charge in [0.25, 0.3) is 5.91 Å². The van der Waals surface area contributed by atoms with E-state index in [4.69, 9.17) is 0 Å². The first kappa shape index (κ1) is 21.3. The van der Waals surface area contributed by atoms with Crippen molar-refractivity contribution in [1.82, 2.24) is 14.1 Å². The number of hydrogen-bond acceptors (Lipinski definition) is 4. The fourth-order valence-corrected chi connectivity index (χ4v) is 5.49. The molecule has 0 unspecified atom stereocenters. The number of likely N-dealkylation sites (tertiary alicyclic amines) is 1. The normalized spacial score (nSPS) is 19.2. The maximum absolute atomic E-state index is 12.4. The van der Waals surface area contributed by atoms with Gasteiger partial charge in [-0.2, -0.15) is 4.31 Å². The number of unbranched alkanes of at least 4 members (excludes halogenated alkanes) is 2. The standard InChI is InChI=1S/C21H33N3O3S/c1-2-3-6-17-28(26,27)24-15-13-22(14-16-24)18-19-7-9-20(10-8-19)21(25)23-11-4-5-12-23/h7-10H,2-6,11-18H2,1H3. The second-order valence-electron chi connectivity index (χ2n) is 7.89. The van der Waals surface area contributed by atoms with Gasteiger partial charge in [-0.1, -0.05) is 31.9 Å². The van der Waals surface area contributed by atoms with Crippen LogP contribution in [0.5, 0.6) is 0 Å². The molecule has 0 atom stereocenters. The number of nitrogens with zero attached hydrogens (tertiary/aromatic N) is 3. The average Bonchev–Trinajstić information content (AvgIpc) is 3.23. The van der Waals surface area contributed by atoms with Crippen molar-refractivity contribution in [3.63, 3.8) is 0 Å². The lowest BCUT2D eigenvalue weighted by atomic mass is 10.1. The van der Waals surface area contributed by atoms with Crippen molar-refractivity contribution >= 4 is 15.9 Å². The second kappa shape index (κ2) is 9.85. The SMILES string of the molecule is CCCCCS(=O)(=O)N1CCN(Cc2ccc(C(=O)N3CCCC3)cc2)CC1. The Balaban J connectivity index is 1.47. The summed E-state index contributed by atoms with van der Waals surface area (Å²) in [4.78, 5) is 16.6. The summed E-state index contributed by atoms with van der Waals surface area (Å²) in [6.07, 6.45) is 4.96. The van der Waals surface area contributed by atoms with Gasteiger partial charge >= 0.3 is 0 Å². The summed E-state index contributed by atoms with van der Waals surface area (Å²) in [5.74, 6) is 0.402. The van der Waals surface area contributed by atoms with Crippen LogP contribution in [0.1, 0.15) is 54.9 Å². The third-order valence-corrected chi connectivity index (χ3v) is 7.69. The number of piperazine rings is 1. The Kier molecular flexibility index (Phi) is 7.48. The highest BCUT2D eigenvalue weighted by atomic mass is 32.2. The number of amides is 1. The Morgan fingerprint density at radius 3 is 2.18 bits per heavy atom. The van der Waals surface area contributed by atoms with Crippen LogP contribution in [0.15, 0.2) is 24.3 Å². The Hall–Kier alpha value is -1.44. The van der Waals surface area contributed by atoms with Crippen LogP contribution in [0.4, 0.5) is 0 Å². The van der Waals surface area contributed by atoms with Gasteiger partial charge in [0.1, 0.15) is 0 Å². The predicted molar refractivity (Wildman–Crippen MR) is 112 cm³/mol. The van der Waals surface area contributed by atoms with Crippen molar-refractivity contribution in [3.05, 3.63) is 35.4 Å². The van der Waals surface area contributed by atoms with E-state index in [9.17, 15) is 13.2 Å². The topological polar surface area (TPSA) is 60.9 Å². The highest BCUT2D eigenvalue weighted by Gasteiger charge is 2.26. The number of rotatable bonds is 8. The van der Waals surface area contributed by atoms with Crippen molar-refractivity contribution in [2.24, 2.45) is 0 Å². The zero-order valence-corrected chi connectivity index (χ0v) is 17.8. The molecule has 28 heavy (non-hydrogen) atoms. The highest BCUT2D eigenvalue weighted by molar-refractivity contribution is 7.89. The number of sulfonamides is 1. The number of hydrogen-bond donors (Lipinski definition) is 0. The lowest BCUT2D eigenvalue weighted by Gasteiger charge is -2.34. The molecule has 0 radical (unpaired) electrons. The summed E-state index contributed by atoms with van der Waals surface area (Å²) in [6, 6.07) is 7.89. The minimum atomic E-state index is -3.11. The van der Waals surface area contributed by atoms with Crippen LogP contribution in [0, 0.1) is 0 Å². The van der Waals surface area contributed by atoms with Crippen molar-refractivity contribution in [2.75, 3.05) is 45.0 Å². The Morgan fingerprint density at radius 1 is 0.929 bits per heavy atom. The molecule has 6 nitrogen and oxygen atoms in total. The van der Waals surface area contributed by atoms with E-state index in [1.165, 1.54) is 0 Å². The van der Waals surface area contributed by atoms with E-state index in [0.717, 1.165) is 76.0 Å². The van der Waals surface area contributed by atoms with E-state index < -0.39 is 10.0 Å². The molecule has 2 aliphatic rings. The van der Waals surface area contributed by atoms with Crippen molar-refractivity contribution < 1.29 is 13.2 Å². The maximum Gasteiger partial charge on any atom is 0.253 e. The van der Waals surface area contributed by atoms with E-state index in [-0.39, 0.29) is 11.7 Å². The molecular weight excluding hydrogens is 374 g/mol. The monoisotopic (exact) mass is 407 g/mol. The van der Waals surface area contributed by atoms with Crippen molar-refractivity contribution in [3.8, 4) is 0 Å². The summed E-state index contributed by atoms with van der Waals surface area (Å²) in [5, 5.41) is 0. The molecule has 0 spiro atoms. The van der Waals surface area contributed by atoms with Crippen LogP contribution >= 0.6 is 0 Å². The molecule has 0 N–H and O–H groups in total. The molecule has 2 aliphatic heterocycles. The smallest absolute Gasteiger partial charge is 0.253 e. The van der Waals surface area contributed by atoms with Gasteiger partial charge in [-0.05, 0) is 37.0 Å².